The zero-order valence-corrected chi connectivity index (χ0v) is 11.6. The molecular weight excluding hydrogens is 254 g/mol. The molecule has 0 saturated carbocycles. The summed E-state index contributed by atoms with van der Waals surface area (Å²) in [7, 11) is 0. The molecule has 0 aliphatic heterocycles. The number of nitrogens with one attached hydrogen (secondary N) is 1. The van der Waals surface area contributed by atoms with Crippen LogP contribution in [0, 0.1) is 13.8 Å². The van der Waals surface area contributed by atoms with Gasteiger partial charge in [-0.15, -0.1) is 5.10 Å². The molecule has 3 aromatic rings. The smallest absolute Gasteiger partial charge is 0.178 e. The highest BCUT2D eigenvalue weighted by Gasteiger charge is 2.13. The summed E-state index contributed by atoms with van der Waals surface area (Å²) in [6, 6.07) is 3.77. The van der Waals surface area contributed by atoms with E-state index in [1.807, 2.05) is 32.9 Å². The topological polar surface area (TPSA) is 81.4 Å². The van der Waals surface area contributed by atoms with E-state index < -0.39 is 0 Å². The molecule has 1 N–H and O–H groups in total. The number of nitrogens with zero attached hydrogens (tertiary/aromatic N) is 6. The van der Waals surface area contributed by atoms with E-state index in [0.29, 0.717) is 11.6 Å². The van der Waals surface area contributed by atoms with E-state index in [4.69, 9.17) is 0 Å². The molecule has 0 atom stereocenters. The molecule has 3 aromatic heterocycles. The fraction of sp³-hybridized carbons (Fsp3) is 0.308. The Labute approximate surface area is 116 Å². The predicted octanol–water partition coefficient (Wildman–Crippen LogP) is 1.65. The maximum absolute atomic E-state index is 4.46. The lowest BCUT2D eigenvalue weighted by Gasteiger charge is -2.06. The second-order valence-electron chi connectivity index (χ2n) is 4.48. The normalized spacial score (nSPS) is 10.9. The highest BCUT2D eigenvalue weighted by atomic mass is 15.4. The number of fused-ring (bicyclic) bond motifs is 1. The minimum Gasteiger partial charge on any atom is -0.370 e. The van der Waals surface area contributed by atoms with E-state index in [1.54, 1.807) is 10.9 Å². The third-order valence-corrected chi connectivity index (χ3v) is 2.89. The van der Waals surface area contributed by atoms with Gasteiger partial charge < -0.3 is 5.32 Å². The van der Waals surface area contributed by atoms with E-state index >= 15 is 0 Å². The lowest BCUT2D eigenvalue weighted by Crippen LogP contribution is -2.05. The van der Waals surface area contributed by atoms with Crippen LogP contribution in [0.3, 0.4) is 0 Å². The van der Waals surface area contributed by atoms with E-state index in [9.17, 15) is 0 Å². The van der Waals surface area contributed by atoms with Crippen molar-refractivity contribution in [1.82, 2.24) is 29.9 Å². The van der Waals surface area contributed by atoms with Crippen molar-refractivity contribution < 1.29 is 0 Å². The monoisotopic (exact) mass is 269 g/mol. The van der Waals surface area contributed by atoms with Crippen LogP contribution in [-0.4, -0.2) is 36.5 Å². The van der Waals surface area contributed by atoms with Crippen LogP contribution < -0.4 is 5.32 Å². The van der Waals surface area contributed by atoms with Gasteiger partial charge in [-0.3, -0.25) is 0 Å². The lowest BCUT2D eigenvalue weighted by molar-refractivity contribution is 0.816. The summed E-state index contributed by atoms with van der Waals surface area (Å²) in [5.41, 5.74) is 1.59. The molecule has 0 amide bonds. The molecule has 0 saturated heterocycles. The summed E-state index contributed by atoms with van der Waals surface area (Å²) in [5.74, 6) is 2.13. The Balaban J connectivity index is 2.20. The van der Waals surface area contributed by atoms with Crippen molar-refractivity contribution in [3.05, 3.63) is 29.8 Å². The molecule has 0 fully saturated rings. The Morgan fingerprint density at radius 3 is 2.70 bits per heavy atom. The van der Waals surface area contributed by atoms with Crippen LogP contribution in [0.4, 0.5) is 5.82 Å². The van der Waals surface area contributed by atoms with Crippen LogP contribution in [0.15, 0.2) is 18.3 Å². The largest absolute Gasteiger partial charge is 0.370 e. The molecule has 0 aliphatic rings. The predicted molar refractivity (Wildman–Crippen MR) is 75.9 cm³/mol. The summed E-state index contributed by atoms with van der Waals surface area (Å²) in [6.45, 7) is 6.58. The van der Waals surface area contributed by atoms with Gasteiger partial charge in [0.05, 0.1) is 17.3 Å². The van der Waals surface area contributed by atoms with Crippen molar-refractivity contribution in [1.29, 1.82) is 0 Å². The van der Waals surface area contributed by atoms with Gasteiger partial charge >= 0.3 is 0 Å². The average molecular weight is 269 g/mol. The van der Waals surface area contributed by atoms with Crippen molar-refractivity contribution in [2.24, 2.45) is 0 Å². The number of hydrogen-bond donors (Lipinski definition) is 1. The molecule has 7 nitrogen and oxygen atoms in total. The van der Waals surface area contributed by atoms with Gasteiger partial charge in [0.2, 0.25) is 0 Å². The standard InChI is InChI=1S/C13H15N7/c1-4-14-12-10-7-15-20(13(10)17-9(3)16-12)11-6-5-8(2)18-19-11/h5-7H,4H2,1-3H3,(H,14,16,17). The molecule has 20 heavy (non-hydrogen) atoms. The third kappa shape index (κ3) is 2.07. The first-order chi connectivity index (χ1) is 9.69. The first-order valence-electron chi connectivity index (χ1n) is 6.46. The average Bonchev–Trinajstić information content (AvgIpc) is 2.84. The molecule has 0 aliphatic carbocycles. The molecular formula is C13H15N7. The Kier molecular flexibility index (Phi) is 3.02. The Morgan fingerprint density at radius 2 is 2.00 bits per heavy atom. The summed E-state index contributed by atoms with van der Waals surface area (Å²) < 4.78 is 1.68. The number of rotatable bonds is 3. The summed E-state index contributed by atoms with van der Waals surface area (Å²) in [5, 5.41) is 16.6. The molecule has 102 valence electrons. The minimum atomic E-state index is 0.645. The van der Waals surface area contributed by atoms with Gasteiger partial charge in [0.15, 0.2) is 11.5 Å². The third-order valence-electron chi connectivity index (χ3n) is 2.89. The van der Waals surface area contributed by atoms with Crippen LogP contribution in [0.2, 0.25) is 0 Å². The van der Waals surface area contributed by atoms with E-state index in [2.05, 4.69) is 30.6 Å². The molecule has 3 heterocycles. The highest BCUT2D eigenvalue weighted by Crippen LogP contribution is 2.21. The minimum absolute atomic E-state index is 0.645. The molecule has 0 radical (unpaired) electrons. The zero-order chi connectivity index (χ0) is 14.1. The fourth-order valence-corrected chi connectivity index (χ4v) is 1.99. The van der Waals surface area contributed by atoms with Crippen molar-refractivity contribution in [3.63, 3.8) is 0 Å². The van der Waals surface area contributed by atoms with Crippen molar-refractivity contribution in [2.45, 2.75) is 20.8 Å². The second-order valence-corrected chi connectivity index (χ2v) is 4.48. The number of hydrogen-bond acceptors (Lipinski definition) is 6. The Bertz CT molecular complexity index is 745. The first-order valence-corrected chi connectivity index (χ1v) is 6.46. The molecule has 0 unspecified atom stereocenters. The molecule has 0 spiro atoms. The molecule has 0 aromatic carbocycles. The van der Waals surface area contributed by atoms with E-state index in [0.717, 1.165) is 29.1 Å². The number of aromatic nitrogens is 6. The fourth-order valence-electron chi connectivity index (χ4n) is 1.99. The molecule has 3 rings (SSSR count). The van der Waals surface area contributed by atoms with Crippen molar-refractivity contribution in [2.75, 3.05) is 11.9 Å². The van der Waals surface area contributed by atoms with Gasteiger partial charge in [0.25, 0.3) is 0 Å². The maximum atomic E-state index is 4.46. The Morgan fingerprint density at radius 1 is 1.15 bits per heavy atom. The van der Waals surface area contributed by atoms with Gasteiger partial charge in [0.1, 0.15) is 11.6 Å². The van der Waals surface area contributed by atoms with Crippen molar-refractivity contribution >= 4 is 16.9 Å². The van der Waals surface area contributed by atoms with Crippen molar-refractivity contribution in [3.8, 4) is 5.82 Å². The first kappa shape index (κ1) is 12.5. The van der Waals surface area contributed by atoms with Crippen LogP contribution >= 0.6 is 0 Å². The lowest BCUT2D eigenvalue weighted by atomic mass is 10.3. The van der Waals surface area contributed by atoms with Crippen LogP contribution in [0.25, 0.3) is 16.9 Å². The summed E-state index contributed by atoms with van der Waals surface area (Å²) in [4.78, 5) is 8.86. The Hall–Kier alpha value is -2.57. The zero-order valence-electron chi connectivity index (χ0n) is 11.6. The van der Waals surface area contributed by atoms with Gasteiger partial charge in [-0.1, -0.05) is 0 Å². The summed E-state index contributed by atoms with van der Waals surface area (Å²) in [6.07, 6.45) is 1.74. The van der Waals surface area contributed by atoms with Gasteiger partial charge in [-0.05, 0) is 32.9 Å². The SMILES string of the molecule is CCNc1nc(C)nc2c1cnn2-c1ccc(C)nn1. The van der Waals surface area contributed by atoms with Gasteiger partial charge in [0, 0.05) is 6.54 Å². The number of aryl methyl sites for hydroxylation is 2. The molecule has 7 heteroatoms. The van der Waals surface area contributed by atoms with Gasteiger partial charge in [-0.25, -0.2) is 9.97 Å². The maximum Gasteiger partial charge on any atom is 0.178 e. The highest BCUT2D eigenvalue weighted by molar-refractivity contribution is 5.87. The number of anilines is 1. The quantitative estimate of drug-likeness (QED) is 0.778. The van der Waals surface area contributed by atoms with E-state index in [1.165, 1.54) is 0 Å². The molecule has 0 bridgehead atoms. The van der Waals surface area contributed by atoms with Crippen LogP contribution in [0.5, 0.6) is 0 Å². The summed E-state index contributed by atoms with van der Waals surface area (Å²) >= 11 is 0. The van der Waals surface area contributed by atoms with Crippen LogP contribution in [0.1, 0.15) is 18.4 Å². The van der Waals surface area contributed by atoms with Crippen LogP contribution in [-0.2, 0) is 0 Å². The van der Waals surface area contributed by atoms with E-state index in [-0.39, 0.29) is 0 Å². The van der Waals surface area contributed by atoms with Gasteiger partial charge in [-0.2, -0.15) is 14.9 Å². The second kappa shape index (κ2) is 4.84.